The van der Waals surface area contributed by atoms with Gasteiger partial charge in [-0.1, -0.05) is 0 Å². The molecule has 0 aliphatic rings. The van der Waals surface area contributed by atoms with Crippen LogP contribution < -0.4 is 0 Å². The first-order valence-electron chi connectivity index (χ1n) is 1.24. The van der Waals surface area contributed by atoms with Crippen molar-refractivity contribution in [3.8, 4) is 0 Å². The molecular weight excluding hydrogens is 256 g/mol. The summed E-state index contributed by atoms with van der Waals surface area (Å²) < 4.78 is -0.223. The molecule has 0 aromatic rings. The van der Waals surface area contributed by atoms with E-state index in [2.05, 4.69) is 0 Å². The molecule has 0 saturated heterocycles. The zero-order valence-corrected chi connectivity index (χ0v) is 7.91. The Morgan fingerprint density at radius 1 is 1.33 bits per heavy atom. The van der Waals surface area contributed by atoms with Gasteiger partial charge in [0.25, 0.3) is 0 Å². The van der Waals surface area contributed by atoms with Gasteiger partial charge in [0.1, 0.15) is 0 Å². The van der Waals surface area contributed by atoms with Crippen molar-refractivity contribution in [1.82, 2.24) is 0 Å². The molecule has 6 heavy (non-hydrogen) atoms. The van der Waals surface area contributed by atoms with Crippen LogP contribution in [0.4, 0.5) is 0 Å². The summed E-state index contributed by atoms with van der Waals surface area (Å²) in [5, 5.41) is 8.10. The molecule has 0 radical (unpaired) electrons. The van der Waals surface area contributed by atoms with Gasteiger partial charge in [-0.2, -0.15) is 0 Å². The van der Waals surface area contributed by atoms with Gasteiger partial charge in [-0.15, -0.1) is 0 Å². The summed E-state index contributed by atoms with van der Waals surface area (Å²) in [6.45, 7) is 0. The van der Waals surface area contributed by atoms with E-state index in [4.69, 9.17) is 31.6 Å². The summed E-state index contributed by atoms with van der Waals surface area (Å²) in [6, 6.07) is 0. The third-order valence-corrected chi connectivity index (χ3v) is 3.61. The molecule has 0 rings (SSSR count). The Bertz CT molecular complexity index is 40.5. The Balaban J connectivity index is 3.17. The molecule has 0 aromatic heterocycles. The van der Waals surface area contributed by atoms with Crippen molar-refractivity contribution in [2.75, 3.05) is 4.55 Å². The van der Waals surface area contributed by atoms with Gasteiger partial charge in [-0.3, -0.25) is 0 Å². The van der Waals surface area contributed by atoms with E-state index >= 15 is 0 Å². The summed E-state index contributed by atoms with van der Waals surface area (Å²) in [5.74, 6) is 0. The van der Waals surface area contributed by atoms with Crippen LogP contribution in [0.25, 0.3) is 0 Å². The first-order valence-corrected chi connectivity index (χ1v) is 14.1. The van der Waals surface area contributed by atoms with Crippen molar-refractivity contribution in [3.63, 3.8) is 0 Å². The predicted octanol–water partition coefficient (Wildman–Crippen LogP) is 0.905. The van der Waals surface area contributed by atoms with Crippen molar-refractivity contribution in [3.05, 3.63) is 0 Å². The van der Waals surface area contributed by atoms with Crippen molar-refractivity contribution in [2.24, 2.45) is 0 Å². The van der Waals surface area contributed by atoms with E-state index in [0.29, 0.717) is 0 Å². The maximum atomic E-state index is 8.10. The van der Waals surface area contributed by atoms with Crippen LogP contribution in [-0.2, 0) is 0 Å². The number of aliphatic hydroxyl groups excluding tert-OH is 1. The molecule has 0 saturated carbocycles. The van der Waals surface area contributed by atoms with Crippen LogP contribution in [0.15, 0.2) is 0 Å². The Morgan fingerprint density at radius 2 is 1.50 bits per heavy atom. The summed E-state index contributed by atoms with van der Waals surface area (Å²) >= 11 is -3.26. The first-order chi connectivity index (χ1) is 2.56. The van der Waals surface area contributed by atoms with Gasteiger partial charge >= 0.3 is 51.5 Å². The minimum atomic E-state index is -3.26. The van der Waals surface area contributed by atoms with Gasteiger partial charge in [0.05, 0.1) is 0 Å². The first kappa shape index (κ1) is 7.65. The summed E-state index contributed by atoms with van der Waals surface area (Å²) in [5.41, 5.74) is 0. The molecule has 0 amide bonds. The summed E-state index contributed by atoms with van der Waals surface area (Å²) in [6.07, 6.45) is 0. The van der Waals surface area contributed by atoms with Gasteiger partial charge in [0.15, 0.2) is 0 Å². The molecule has 0 atom stereocenters. The fourth-order valence-electron chi connectivity index (χ4n) is 0. The van der Waals surface area contributed by atoms with Gasteiger partial charge in [0.2, 0.25) is 0 Å². The predicted molar refractivity (Wildman–Crippen MR) is 31.8 cm³/mol. The minimum absolute atomic E-state index is 0.223. The Kier molecular flexibility index (Phi) is 3.61. The third kappa shape index (κ3) is 5.65. The molecular formula is CH4Cl3OSb. The van der Waals surface area contributed by atoms with E-state index in [0.717, 1.165) is 0 Å². The molecule has 0 heterocycles. The van der Waals surface area contributed by atoms with E-state index in [9.17, 15) is 0 Å². The number of hydrogen-bond donors (Lipinski definition) is 1. The summed E-state index contributed by atoms with van der Waals surface area (Å²) in [4.78, 5) is 0. The molecule has 0 bridgehead atoms. The fraction of sp³-hybridized carbons (Fsp3) is 1.00. The fourth-order valence-corrected chi connectivity index (χ4v) is 0. The average Bonchev–Trinajstić information content (AvgIpc) is 1.35. The van der Waals surface area contributed by atoms with E-state index in [-0.39, 0.29) is 4.55 Å². The SMILES string of the molecule is O[CH2][SbH]([Cl])([Cl])[Cl]. The molecule has 1 nitrogen and oxygen atoms in total. The molecule has 0 spiro atoms. The number of rotatable bonds is 1. The van der Waals surface area contributed by atoms with Crippen LogP contribution >= 0.6 is 26.5 Å². The van der Waals surface area contributed by atoms with Crippen molar-refractivity contribution < 1.29 is 5.11 Å². The normalized spacial score (nSPS) is 14.7. The topological polar surface area (TPSA) is 20.2 Å². The van der Waals surface area contributed by atoms with E-state index in [1.807, 2.05) is 0 Å². The second-order valence-corrected chi connectivity index (χ2v) is 22.1. The Morgan fingerprint density at radius 3 is 1.50 bits per heavy atom. The van der Waals surface area contributed by atoms with Crippen LogP contribution in [0.1, 0.15) is 0 Å². The monoisotopic (exact) mass is 258 g/mol. The quantitative estimate of drug-likeness (QED) is 0.695. The molecule has 0 aliphatic heterocycles. The van der Waals surface area contributed by atoms with Crippen LogP contribution in [0.2, 0.25) is 0 Å². The Labute approximate surface area is 51.2 Å². The number of aliphatic hydroxyl groups is 1. The van der Waals surface area contributed by atoms with Gasteiger partial charge < -0.3 is 0 Å². The second kappa shape index (κ2) is 2.84. The molecule has 0 fully saturated rings. The van der Waals surface area contributed by atoms with Gasteiger partial charge in [-0.05, 0) is 0 Å². The van der Waals surface area contributed by atoms with Crippen LogP contribution in [0.3, 0.4) is 0 Å². The molecule has 40 valence electrons. The van der Waals surface area contributed by atoms with Crippen LogP contribution in [-0.4, -0.2) is 25.0 Å². The zero-order chi connectivity index (χ0) is 5.21. The Hall–Kier alpha value is 1.65. The molecule has 0 aromatic carbocycles. The van der Waals surface area contributed by atoms with Crippen molar-refractivity contribution in [2.45, 2.75) is 0 Å². The van der Waals surface area contributed by atoms with E-state index in [1.165, 1.54) is 0 Å². The molecule has 1 N–H and O–H groups in total. The standard InChI is InChI=1S/CH3O.3ClH.Sb.H/c1-2;;;;;/h2H,1H2;3*1H;;/q;;;;+3;/p-3. The molecule has 0 unspecified atom stereocenters. The zero-order valence-electron chi connectivity index (χ0n) is 2.79. The third-order valence-electron chi connectivity index (χ3n) is 0.179. The maximum absolute atomic E-state index is 8.10. The van der Waals surface area contributed by atoms with Crippen molar-refractivity contribution >= 4 is 41.9 Å². The van der Waals surface area contributed by atoms with Gasteiger partial charge in [-0.25, -0.2) is 0 Å². The van der Waals surface area contributed by atoms with Crippen LogP contribution in [0.5, 0.6) is 0 Å². The summed E-state index contributed by atoms with van der Waals surface area (Å²) in [7, 11) is 15.6. The van der Waals surface area contributed by atoms with Gasteiger partial charge in [0, 0.05) is 0 Å². The second-order valence-electron chi connectivity index (χ2n) is 0.773. The van der Waals surface area contributed by atoms with Crippen molar-refractivity contribution in [1.29, 1.82) is 0 Å². The number of halogens is 3. The number of hydrogen-bond acceptors (Lipinski definition) is 1. The molecule has 5 heteroatoms. The molecule has 0 aliphatic carbocycles. The van der Waals surface area contributed by atoms with E-state index in [1.54, 1.807) is 0 Å². The average molecular weight is 260 g/mol. The van der Waals surface area contributed by atoms with E-state index < -0.39 is 15.4 Å². The van der Waals surface area contributed by atoms with Crippen LogP contribution in [0, 0.1) is 0 Å².